The van der Waals surface area contributed by atoms with Crippen molar-refractivity contribution in [2.75, 3.05) is 0 Å². The van der Waals surface area contributed by atoms with Gasteiger partial charge in [-0.2, -0.15) is 0 Å². The lowest BCUT2D eigenvalue weighted by Crippen LogP contribution is -1.96. The summed E-state index contributed by atoms with van der Waals surface area (Å²) in [5, 5.41) is 22.2. The molecular formula is C24H27NO2S. The number of allylic oxidation sites excluding steroid dienone is 1. The van der Waals surface area contributed by atoms with Crippen LogP contribution in [0, 0.1) is 6.92 Å². The molecule has 28 heavy (non-hydrogen) atoms. The predicted octanol–water partition coefficient (Wildman–Crippen LogP) is 6.96. The van der Waals surface area contributed by atoms with Crippen molar-refractivity contribution in [3.63, 3.8) is 0 Å². The maximum atomic E-state index is 11.3. The summed E-state index contributed by atoms with van der Waals surface area (Å²) in [7, 11) is 0. The van der Waals surface area contributed by atoms with Gasteiger partial charge in [0.25, 0.3) is 0 Å². The molecule has 0 aliphatic carbocycles. The third kappa shape index (κ3) is 3.97. The van der Waals surface area contributed by atoms with Gasteiger partial charge in [-0.25, -0.2) is 0 Å². The van der Waals surface area contributed by atoms with Crippen LogP contribution in [-0.2, 0) is 6.42 Å². The first-order valence-corrected chi connectivity index (χ1v) is 10.6. The quantitative estimate of drug-likeness (QED) is 0.426. The van der Waals surface area contributed by atoms with Crippen molar-refractivity contribution in [1.29, 1.82) is 0 Å². The smallest absolute Gasteiger partial charge is 0.136 e. The number of nitrogens with zero attached hydrogens (tertiary/aromatic N) is 1. The lowest BCUT2D eigenvalue weighted by molar-refractivity contribution is 0.454. The fourth-order valence-electron chi connectivity index (χ4n) is 3.59. The Morgan fingerprint density at radius 1 is 1.14 bits per heavy atom. The summed E-state index contributed by atoms with van der Waals surface area (Å²) >= 11 is 1.50. The van der Waals surface area contributed by atoms with Gasteiger partial charge in [0.05, 0.1) is 16.0 Å². The summed E-state index contributed by atoms with van der Waals surface area (Å²) < 4.78 is 0. The van der Waals surface area contributed by atoms with Crippen molar-refractivity contribution in [1.82, 2.24) is 4.98 Å². The van der Waals surface area contributed by atoms with E-state index in [4.69, 9.17) is 0 Å². The standard InChI is InChI=1S/C24H27NO2S/c1-5-6-7-8-17-12-20(26)23(24(27)22(17)21-13-25-14-28-21)19-11-16(4)9-10-18(19)15(2)3/h9-14,26-27H,2,5-8H2,1,3-4H3. The van der Waals surface area contributed by atoms with Crippen molar-refractivity contribution < 1.29 is 10.2 Å². The third-order valence-corrected chi connectivity index (χ3v) is 5.78. The molecule has 3 nitrogen and oxygen atoms in total. The summed E-state index contributed by atoms with van der Waals surface area (Å²) in [6, 6.07) is 7.81. The van der Waals surface area contributed by atoms with Gasteiger partial charge in [-0.05, 0) is 49.4 Å². The number of aromatic hydroxyl groups is 2. The number of phenols is 2. The molecule has 0 fully saturated rings. The van der Waals surface area contributed by atoms with Gasteiger partial charge in [0.1, 0.15) is 11.5 Å². The monoisotopic (exact) mass is 393 g/mol. The number of aryl methyl sites for hydroxylation is 2. The Labute approximate surface area is 171 Å². The second-order valence-electron chi connectivity index (χ2n) is 7.31. The van der Waals surface area contributed by atoms with Crippen LogP contribution >= 0.6 is 11.3 Å². The molecule has 1 heterocycles. The first-order chi connectivity index (χ1) is 13.4. The van der Waals surface area contributed by atoms with Crippen LogP contribution < -0.4 is 0 Å². The Morgan fingerprint density at radius 3 is 2.57 bits per heavy atom. The van der Waals surface area contributed by atoms with Gasteiger partial charge in [0, 0.05) is 11.8 Å². The van der Waals surface area contributed by atoms with E-state index in [2.05, 4.69) is 18.5 Å². The number of aromatic nitrogens is 1. The van der Waals surface area contributed by atoms with Gasteiger partial charge < -0.3 is 10.2 Å². The van der Waals surface area contributed by atoms with Gasteiger partial charge in [0.2, 0.25) is 0 Å². The molecule has 2 aromatic carbocycles. The molecule has 0 amide bonds. The summed E-state index contributed by atoms with van der Waals surface area (Å²) in [6.45, 7) is 10.2. The molecule has 0 unspecified atom stereocenters. The molecule has 0 aliphatic heterocycles. The number of unbranched alkanes of at least 4 members (excludes halogenated alkanes) is 2. The molecule has 0 radical (unpaired) electrons. The molecule has 0 saturated carbocycles. The topological polar surface area (TPSA) is 53.4 Å². The van der Waals surface area contributed by atoms with E-state index in [-0.39, 0.29) is 11.5 Å². The predicted molar refractivity (Wildman–Crippen MR) is 119 cm³/mol. The van der Waals surface area contributed by atoms with Crippen molar-refractivity contribution >= 4 is 16.9 Å². The highest BCUT2D eigenvalue weighted by Crippen LogP contribution is 2.48. The third-order valence-electron chi connectivity index (χ3n) is 4.99. The molecule has 146 valence electrons. The zero-order chi connectivity index (χ0) is 20.3. The van der Waals surface area contributed by atoms with E-state index in [0.29, 0.717) is 5.56 Å². The fraction of sp³-hybridized carbons (Fsp3) is 0.292. The Balaban J connectivity index is 2.26. The molecule has 0 bridgehead atoms. The van der Waals surface area contributed by atoms with E-state index >= 15 is 0 Å². The van der Waals surface area contributed by atoms with E-state index in [1.807, 2.05) is 38.1 Å². The van der Waals surface area contributed by atoms with Crippen LogP contribution in [0.15, 0.2) is 42.6 Å². The molecule has 4 heteroatoms. The zero-order valence-corrected chi connectivity index (χ0v) is 17.6. The van der Waals surface area contributed by atoms with E-state index in [1.165, 1.54) is 11.3 Å². The number of thiazole rings is 1. The molecule has 3 aromatic rings. The Morgan fingerprint density at radius 2 is 1.93 bits per heavy atom. The van der Waals surface area contributed by atoms with Crippen molar-refractivity contribution in [2.45, 2.75) is 46.5 Å². The van der Waals surface area contributed by atoms with Crippen molar-refractivity contribution in [3.8, 4) is 33.1 Å². The molecule has 0 spiro atoms. The average molecular weight is 394 g/mol. The number of hydrogen-bond donors (Lipinski definition) is 2. The number of hydrogen-bond acceptors (Lipinski definition) is 4. The molecule has 0 aliphatic rings. The number of phenolic OH excluding ortho intramolecular Hbond substituents is 2. The van der Waals surface area contributed by atoms with Crippen LogP contribution in [-0.4, -0.2) is 15.2 Å². The highest BCUT2D eigenvalue weighted by molar-refractivity contribution is 7.13. The first-order valence-electron chi connectivity index (χ1n) is 9.67. The highest BCUT2D eigenvalue weighted by atomic mass is 32.1. The summed E-state index contributed by atoms with van der Waals surface area (Å²) in [6.07, 6.45) is 5.84. The minimum absolute atomic E-state index is 0.102. The fourth-order valence-corrected chi connectivity index (χ4v) is 4.29. The van der Waals surface area contributed by atoms with Crippen LogP contribution in [0.1, 0.15) is 49.8 Å². The Bertz CT molecular complexity index is 990. The summed E-state index contributed by atoms with van der Waals surface area (Å²) in [5.74, 6) is 0.217. The van der Waals surface area contributed by atoms with Gasteiger partial charge in [-0.1, -0.05) is 55.7 Å². The molecular weight excluding hydrogens is 366 g/mol. The zero-order valence-electron chi connectivity index (χ0n) is 16.7. The second kappa shape index (κ2) is 8.61. The average Bonchev–Trinajstić information content (AvgIpc) is 3.15. The van der Waals surface area contributed by atoms with Gasteiger partial charge in [-0.3, -0.25) is 4.98 Å². The minimum atomic E-state index is 0.102. The van der Waals surface area contributed by atoms with E-state index in [0.717, 1.165) is 64.0 Å². The van der Waals surface area contributed by atoms with Crippen LogP contribution in [0.2, 0.25) is 0 Å². The molecule has 2 N–H and O–H groups in total. The van der Waals surface area contributed by atoms with Gasteiger partial charge in [-0.15, -0.1) is 11.3 Å². The Hall–Kier alpha value is -2.59. The van der Waals surface area contributed by atoms with Crippen LogP contribution in [0.5, 0.6) is 11.5 Å². The SMILES string of the molecule is C=C(C)c1ccc(C)cc1-c1c(O)cc(CCCCC)c(-c2cncs2)c1O. The Kier molecular flexibility index (Phi) is 6.20. The van der Waals surface area contributed by atoms with Crippen molar-refractivity contribution in [2.24, 2.45) is 0 Å². The minimum Gasteiger partial charge on any atom is -0.507 e. The largest absolute Gasteiger partial charge is 0.507 e. The normalized spacial score (nSPS) is 11.0. The highest BCUT2D eigenvalue weighted by Gasteiger charge is 2.22. The van der Waals surface area contributed by atoms with Crippen LogP contribution in [0.3, 0.4) is 0 Å². The van der Waals surface area contributed by atoms with Crippen molar-refractivity contribution in [3.05, 3.63) is 59.2 Å². The van der Waals surface area contributed by atoms with Gasteiger partial charge in [0.15, 0.2) is 0 Å². The van der Waals surface area contributed by atoms with Gasteiger partial charge >= 0.3 is 0 Å². The second-order valence-corrected chi connectivity index (χ2v) is 8.19. The van der Waals surface area contributed by atoms with Crippen LogP contribution in [0.4, 0.5) is 0 Å². The summed E-state index contributed by atoms with van der Waals surface area (Å²) in [4.78, 5) is 5.10. The lowest BCUT2D eigenvalue weighted by atomic mass is 9.89. The van der Waals surface area contributed by atoms with E-state index in [9.17, 15) is 10.2 Å². The number of benzene rings is 2. The van der Waals surface area contributed by atoms with Crippen LogP contribution in [0.25, 0.3) is 27.1 Å². The first kappa shape index (κ1) is 20.2. The van der Waals surface area contributed by atoms with E-state index in [1.54, 1.807) is 11.7 Å². The maximum absolute atomic E-state index is 11.3. The maximum Gasteiger partial charge on any atom is 0.136 e. The molecule has 0 atom stereocenters. The van der Waals surface area contributed by atoms with E-state index < -0.39 is 0 Å². The molecule has 0 saturated heterocycles. The summed E-state index contributed by atoms with van der Waals surface area (Å²) in [5.41, 5.74) is 7.64. The molecule has 3 rings (SSSR count). The number of rotatable bonds is 7. The lowest BCUT2D eigenvalue weighted by Gasteiger charge is -2.19. The molecule has 1 aromatic heterocycles.